The molecule has 21 heavy (non-hydrogen) atoms. The Balaban J connectivity index is 2.04. The third-order valence-electron chi connectivity index (χ3n) is 4.29. The maximum absolute atomic E-state index is 5.90. The van der Waals surface area contributed by atoms with E-state index in [4.69, 9.17) is 16.3 Å². The number of fused-ring (bicyclic) bond motifs is 1. The van der Waals surface area contributed by atoms with E-state index in [0.29, 0.717) is 11.9 Å². The van der Waals surface area contributed by atoms with Crippen molar-refractivity contribution in [3.8, 4) is 5.75 Å². The average molecular weight is 305 g/mol. The molecule has 3 nitrogen and oxygen atoms in total. The monoisotopic (exact) mass is 304 g/mol. The molecule has 1 heterocycles. The first-order valence-electron chi connectivity index (χ1n) is 7.59. The third-order valence-corrected chi connectivity index (χ3v) is 4.55. The number of alkyl halides is 1. The summed E-state index contributed by atoms with van der Waals surface area (Å²) in [6, 6.07) is 8.80. The number of anilines is 1. The maximum atomic E-state index is 5.90. The average Bonchev–Trinajstić information content (AvgIpc) is 2.48. The van der Waals surface area contributed by atoms with Crippen LogP contribution in [0.15, 0.2) is 30.5 Å². The number of hydrogen-bond acceptors (Lipinski definition) is 3. The zero-order valence-electron chi connectivity index (χ0n) is 12.4. The molecule has 0 spiro atoms. The molecule has 0 N–H and O–H groups in total. The number of hydrogen-bond donors (Lipinski definition) is 0. The smallest absolute Gasteiger partial charge is 0.136 e. The summed E-state index contributed by atoms with van der Waals surface area (Å²) >= 11 is 5.90. The predicted octanol–water partition coefficient (Wildman–Crippen LogP) is 4.23. The molecule has 0 unspecified atom stereocenters. The van der Waals surface area contributed by atoms with E-state index in [1.165, 1.54) is 24.6 Å². The predicted molar refractivity (Wildman–Crippen MR) is 88.6 cm³/mol. The molecule has 1 aromatic heterocycles. The maximum Gasteiger partial charge on any atom is 0.136 e. The van der Waals surface area contributed by atoms with Gasteiger partial charge in [0.15, 0.2) is 0 Å². The lowest BCUT2D eigenvalue weighted by Gasteiger charge is -2.39. The van der Waals surface area contributed by atoms with Gasteiger partial charge in [0.05, 0.1) is 7.11 Å². The molecule has 1 fully saturated rings. The van der Waals surface area contributed by atoms with Crippen LogP contribution in [0.25, 0.3) is 10.8 Å². The Bertz CT molecular complexity index is 613. The van der Waals surface area contributed by atoms with Crippen LogP contribution in [0.5, 0.6) is 5.75 Å². The second-order valence-corrected chi connectivity index (χ2v) is 5.89. The first-order valence-corrected chi connectivity index (χ1v) is 8.13. The highest BCUT2D eigenvalue weighted by Crippen LogP contribution is 2.35. The molecule has 1 saturated carbocycles. The fourth-order valence-electron chi connectivity index (χ4n) is 2.96. The van der Waals surface area contributed by atoms with Crippen LogP contribution in [0.1, 0.15) is 25.7 Å². The van der Waals surface area contributed by atoms with E-state index in [0.717, 1.165) is 29.9 Å². The van der Waals surface area contributed by atoms with Crippen LogP contribution in [0, 0.1) is 0 Å². The summed E-state index contributed by atoms with van der Waals surface area (Å²) in [4.78, 5) is 7.10. The van der Waals surface area contributed by atoms with E-state index in [9.17, 15) is 0 Å². The summed E-state index contributed by atoms with van der Waals surface area (Å²) in [6.07, 6.45) is 6.69. The van der Waals surface area contributed by atoms with Crippen LogP contribution >= 0.6 is 11.6 Å². The van der Waals surface area contributed by atoms with Gasteiger partial charge < -0.3 is 9.64 Å². The molecule has 0 aliphatic heterocycles. The van der Waals surface area contributed by atoms with Crippen LogP contribution < -0.4 is 9.64 Å². The van der Waals surface area contributed by atoms with E-state index < -0.39 is 0 Å². The van der Waals surface area contributed by atoms with Crippen LogP contribution in [0.2, 0.25) is 0 Å². The molecule has 0 amide bonds. The minimum Gasteiger partial charge on any atom is -0.496 e. The van der Waals surface area contributed by atoms with Crippen molar-refractivity contribution in [2.75, 3.05) is 24.4 Å². The zero-order valence-corrected chi connectivity index (χ0v) is 13.1. The summed E-state index contributed by atoms with van der Waals surface area (Å²) in [5.41, 5.74) is 0. The molecule has 3 rings (SSSR count). The number of halogens is 1. The normalized spacial score (nSPS) is 15.0. The van der Waals surface area contributed by atoms with Gasteiger partial charge in [-0.3, -0.25) is 0 Å². The van der Waals surface area contributed by atoms with Gasteiger partial charge in [0.25, 0.3) is 0 Å². The van der Waals surface area contributed by atoms with Gasteiger partial charge in [-0.1, -0.05) is 12.1 Å². The molecule has 0 radical (unpaired) electrons. The molecular formula is C17H21ClN2O. The zero-order chi connectivity index (χ0) is 14.7. The SMILES string of the molecule is COc1cccc2c(N(CCCCl)C3CCC3)nccc12. The third kappa shape index (κ3) is 2.80. The van der Waals surface area contributed by atoms with Crippen molar-refractivity contribution >= 4 is 28.2 Å². The van der Waals surface area contributed by atoms with Crippen LogP contribution in [0.3, 0.4) is 0 Å². The molecule has 1 aromatic carbocycles. The highest BCUT2D eigenvalue weighted by molar-refractivity contribution is 6.17. The topological polar surface area (TPSA) is 25.4 Å². The summed E-state index contributed by atoms with van der Waals surface area (Å²) in [5, 5.41) is 2.29. The largest absolute Gasteiger partial charge is 0.496 e. The highest BCUT2D eigenvalue weighted by Gasteiger charge is 2.26. The van der Waals surface area contributed by atoms with Crippen LogP contribution in [-0.4, -0.2) is 30.6 Å². The van der Waals surface area contributed by atoms with Crippen molar-refractivity contribution < 1.29 is 4.74 Å². The molecule has 4 heteroatoms. The van der Waals surface area contributed by atoms with E-state index in [1.807, 2.05) is 24.4 Å². The van der Waals surface area contributed by atoms with Crippen molar-refractivity contribution in [2.45, 2.75) is 31.7 Å². The summed E-state index contributed by atoms with van der Waals surface area (Å²) in [7, 11) is 1.71. The van der Waals surface area contributed by atoms with E-state index in [1.54, 1.807) is 7.11 Å². The number of ether oxygens (including phenoxy) is 1. The highest BCUT2D eigenvalue weighted by atomic mass is 35.5. The van der Waals surface area contributed by atoms with Crippen molar-refractivity contribution in [1.82, 2.24) is 4.98 Å². The van der Waals surface area contributed by atoms with Gasteiger partial charge in [0, 0.05) is 35.4 Å². The lowest BCUT2D eigenvalue weighted by atomic mass is 9.91. The van der Waals surface area contributed by atoms with Crippen LogP contribution in [-0.2, 0) is 0 Å². The molecule has 0 bridgehead atoms. The van der Waals surface area contributed by atoms with Crippen molar-refractivity contribution in [3.63, 3.8) is 0 Å². The van der Waals surface area contributed by atoms with Crippen molar-refractivity contribution in [2.24, 2.45) is 0 Å². The fourth-order valence-corrected chi connectivity index (χ4v) is 3.08. The lowest BCUT2D eigenvalue weighted by Crippen LogP contribution is -2.41. The lowest BCUT2D eigenvalue weighted by molar-refractivity contribution is 0.384. The quantitative estimate of drug-likeness (QED) is 0.747. The van der Waals surface area contributed by atoms with Gasteiger partial charge in [0.2, 0.25) is 0 Å². The number of benzene rings is 1. The van der Waals surface area contributed by atoms with E-state index in [2.05, 4.69) is 16.0 Å². The van der Waals surface area contributed by atoms with Gasteiger partial charge in [-0.05, 0) is 37.8 Å². The first-order chi connectivity index (χ1) is 10.3. The molecule has 0 atom stereocenters. The fraction of sp³-hybridized carbons (Fsp3) is 0.471. The number of aromatic nitrogens is 1. The number of nitrogens with zero attached hydrogens (tertiary/aromatic N) is 2. The molecule has 0 saturated heterocycles. The standard InChI is InChI=1S/C17H21ClN2O/c1-21-16-8-3-7-15-14(16)9-11-19-17(15)20(12-4-10-18)13-5-2-6-13/h3,7-9,11,13H,2,4-6,10,12H2,1H3. The molecule has 2 aromatic rings. The van der Waals surface area contributed by atoms with E-state index in [-0.39, 0.29) is 0 Å². The Kier molecular flexibility index (Phi) is 4.49. The number of rotatable bonds is 6. The second-order valence-electron chi connectivity index (χ2n) is 5.51. The molecule has 1 aliphatic carbocycles. The van der Waals surface area contributed by atoms with Crippen molar-refractivity contribution in [1.29, 1.82) is 0 Å². The van der Waals surface area contributed by atoms with Crippen molar-refractivity contribution in [3.05, 3.63) is 30.5 Å². The summed E-state index contributed by atoms with van der Waals surface area (Å²) in [5.74, 6) is 2.67. The number of pyridine rings is 1. The molecule has 112 valence electrons. The van der Waals surface area contributed by atoms with Gasteiger partial charge in [-0.25, -0.2) is 4.98 Å². The number of methoxy groups -OCH3 is 1. The minimum atomic E-state index is 0.609. The van der Waals surface area contributed by atoms with Gasteiger partial charge in [-0.2, -0.15) is 0 Å². The Hall–Kier alpha value is -1.48. The van der Waals surface area contributed by atoms with Gasteiger partial charge >= 0.3 is 0 Å². The second kappa shape index (κ2) is 6.52. The Labute approximate surface area is 130 Å². The Morgan fingerprint density at radius 1 is 1.29 bits per heavy atom. The Morgan fingerprint density at radius 2 is 2.14 bits per heavy atom. The summed E-state index contributed by atoms with van der Waals surface area (Å²) < 4.78 is 5.48. The van der Waals surface area contributed by atoms with E-state index >= 15 is 0 Å². The Morgan fingerprint density at radius 3 is 2.81 bits per heavy atom. The van der Waals surface area contributed by atoms with Gasteiger partial charge in [0.1, 0.15) is 11.6 Å². The molecule has 1 aliphatic rings. The summed E-state index contributed by atoms with van der Waals surface area (Å²) in [6.45, 7) is 0.970. The molecular weight excluding hydrogens is 284 g/mol. The van der Waals surface area contributed by atoms with Gasteiger partial charge in [-0.15, -0.1) is 11.6 Å². The first kappa shape index (κ1) is 14.5. The van der Waals surface area contributed by atoms with Crippen LogP contribution in [0.4, 0.5) is 5.82 Å². The minimum absolute atomic E-state index is 0.609.